The Morgan fingerprint density at radius 1 is 1.08 bits per heavy atom. The Bertz CT molecular complexity index is 985. The number of primary sulfonamides is 1. The third kappa shape index (κ3) is 2.65. The summed E-state index contributed by atoms with van der Waals surface area (Å²) in [6.07, 6.45) is 4.95. The molecule has 1 heterocycles. The first-order valence-electron chi connectivity index (χ1n) is 7.96. The van der Waals surface area contributed by atoms with Crippen LogP contribution in [0.4, 0.5) is 5.69 Å². The minimum absolute atomic E-state index is 0.0105. The molecule has 5 N–H and O–H groups in total. The fraction of sp³-hybridized carbons (Fsp3) is 0.222. The van der Waals surface area contributed by atoms with Crippen molar-refractivity contribution in [2.45, 2.75) is 23.3 Å². The number of aromatic hydroxyl groups is 2. The summed E-state index contributed by atoms with van der Waals surface area (Å²) in [4.78, 5) is 0.0954. The molecule has 130 valence electrons. The molecule has 2 aromatic rings. The monoisotopic (exact) mass is 358 g/mol. The van der Waals surface area contributed by atoms with Gasteiger partial charge in [0.25, 0.3) is 0 Å². The van der Waals surface area contributed by atoms with Crippen LogP contribution in [0.3, 0.4) is 0 Å². The van der Waals surface area contributed by atoms with Crippen LogP contribution >= 0.6 is 0 Å². The van der Waals surface area contributed by atoms with Crippen LogP contribution < -0.4 is 10.5 Å². The van der Waals surface area contributed by atoms with Gasteiger partial charge in [-0.2, -0.15) is 0 Å². The SMILES string of the molecule is NS(=O)(=O)c1ccc2c(c1)C1C=CCC1C(c1ccc(O)cc1O)N2. The molecule has 1 aliphatic heterocycles. The Kier molecular flexibility index (Phi) is 3.52. The second kappa shape index (κ2) is 5.50. The lowest BCUT2D eigenvalue weighted by Gasteiger charge is -2.37. The summed E-state index contributed by atoms with van der Waals surface area (Å²) in [5, 5.41) is 28.4. The molecule has 0 radical (unpaired) electrons. The second-order valence-electron chi connectivity index (χ2n) is 6.51. The highest BCUT2D eigenvalue weighted by atomic mass is 32.2. The van der Waals surface area contributed by atoms with E-state index in [4.69, 9.17) is 5.14 Å². The fourth-order valence-corrected chi connectivity index (χ4v) is 4.40. The van der Waals surface area contributed by atoms with E-state index in [0.717, 1.165) is 17.7 Å². The Morgan fingerprint density at radius 3 is 2.60 bits per heavy atom. The fourth-order valence-electron chi connectivity index (χ4n) is 3.85. The smallest absolute Gasteiger partial charge is 0.238 e. The molecule has 7 heteroatoms. The molecule has 4 rings (SSSR count). The van der Waals surface area contributed by atoms with Gasteiger partial charge in [0.2, 0.25) is 10.0 Å². The van der Waals surface area contributed by atoms with E-state index in [0.29, 0.717) is 5.56 Å². The molecule has 25 heavy (non-hydrogen) atoms. The molecule has 3 unspecified atom stereocenters. The van der Waals surface area contributed by atoms with Crippen molar-refractivity contribution in [3.05, 3.63) is 59.7 Å². The molecular formula is C18H18N2O4S. The highest BCUT2D eigenvalue weighted by molar-refractivity contribution is 7.89. The van der Waals surface area contributed by atoms with Gasteiger partial charge in [0.1, 0.15) is 11.5 Å². The second-order valence-corrected chi connectivity index (χ2v) is 8.07. The molecule has 0 fully saturated rings. The molecule has 6 nitrogen and oxygen atoms in total. The van der Waals surface area contributed by atoms with Crippen molar-refractivity contribution in [3.63, 3.8) is 0 Å². The van der Waals surface area contributed by atoms with E-state index in [-0.39, 0.29) is 34.3 Å². The molecule has 2 aromatic carbocycles. The van der Waals surface area contributed by atoms with Crippen molar-refractivity contribution in [2.24, 2.45) is 11.1 Å². The zero-order valence-corrected chi connectivity index (χ0v) is 14.1. The summed E-state index contributed by atoms with van der Waals surface area (Å²) >= 11 is 0. The average molecular weight is 358 g/mol. The highest BCUT2D eigenvalue weighted by Gasteiger charge is 2.39. The summed E-state index contributed by atoms with van der Waals surface area (Å²) in [7, 11) is -3.76. The predicted molar refractivity (Wildman–Crippen MR) is 93.9 cm³/mol. The van der Waals surface area contributed by atoms with Crippen molar-refractivity contribution < 1.29 is 18.6 Å². The number of nitrogens with two attached hydrogens (primary N) is 1. The average Bonchev–Trinajstić information content (AvgIpc) is 3.03. The first-order valence-corrected chi connectivity index (χ1v) is 9.51. The number of hydrogen-bond donors (Lipinski definition) is 4. The van der Waals surface area contributed by atoms with Gasteiger partial charge < -0.3 is 15.5 Å². The number of rotatable bonds is 2. The van der Waals surface area contributed by atoms with Crippen molar-refractivity contribution >= 4 is 15.7 Å². The van der Waals surface area contributed by atoms with Gasteiger partial charge in [-0.05, 0) is 48.2 Å². The molecule has 1 aliphatic carbocycles. The van der Waals surface area contributed by atoms with Crippen molar-refractivity contribution in [2.75, 3.05) is 5.32 Å². The molecule has 3 atom stereocenters. The van der Waals surface area contributed by atoms with Gasteiger partial charge in [0.15, 0.2) is 0 Å². The normalized spacial score (nSPS) is 24.4. The van der Waals surface area contributed by atoms with E-state index in [1.54, 1.807) is 24.3 Å². The van der Waals surface area contributed by atoms with E-state index in [2.05, 4.69) is 17.5 Å². The van der Waals surface area contributed by atoms with Crippen LogP contribution in [-0.4, -0.2) is 18.6 Å². The third-order valence-electron chi connectivity index (χ3n) is 5.01. The zero-order chi connectivity index (χ0) is 17.8. The van der Waals surface area contributed by atoms with Gasteiger partial charge in [-0.1, -0.05) is 12.2 Å². The third-order valence-corrected chi connectivity index (χ3v) is 5.92. The zero-order valence-electron chi connectivity index (χ0n) is 13.3. The van der Waals surface area contributed by atoms with E-state index >= 15 is 0 Å². The summed E-state index contributed by atoms with van der Waals surface area (Å²) in [6.45, 7) is 0. The van der Waals surface area contributed by atoms with Crippen LogP contribution in [0, 0.1) is 5.92 Å². The number of fused-ring (bicyclic) bond motifs is 3. The van der Waals surface area contributed by atoms with Crippen LogP contribution in [0.1, 0.15) is 29.5 Å². The van der Waals surface area contributed by atoms with Crippen molar-refractivity contribution in [1.29, 1.82) is 0 Å². The Morgan fingerprint density at radius 2 is 1.88 bits per heavy atom. The molecule has 0 spiro atoms. The van der Waals surface area contributed by atoms with Crippen LogP contribution in [-0.2, 0) is 10.0 Å². The van der Waals surface area contributed by atoms with E-state index < -0.39 is 10.0 Å². The Labute approximate surface area is 145 Å². The lowest BCUT2D eigenvalue weighted by molar-refractivity contribution is 0.398. The Balaban J connectivity index is 1.81. The number of hydrogen-bond acceptors (Lipinski definition) is 5. The minimum Gasteiger partial charge on any atom is -0.508 e. The Hall–Kier alpha value is -2.51. The number of benzene rings is 2. The molecule has 0 saturated heterocycles. The maximum absolute atomic E-state index is 11.7. The number of anilines is 1. The number of nitrogens with one attached hydrogen (secondary N) is 1. The van der Waals surface area contributed by atoms with Crippen LogP contribution in [0.25, 0.3) is 0 Å². The van der Waals surface area contributed by atoms with Crippen molar-refractivity contribution in [3.8, 4) is 11.5 Å². The van der Waals surface area contributed by atoms with Gasteiger partial charge >= 0.3 is 0 Å². The van der Waals surface area contributed by atoms with E-state index in [1.165, 1.54) is 12.1 Å². The van der Waals surface area contributed by atoms with E-state index in [9.17, 15) is 18.6 Å². The van der Waals surface area contributed by atoms with Gasteiger partial charge in [0.05, 0.1) is 10.9 Å². The lowest BCUT2D eigenvalue weighted by atomic mass is 9.77. The minimum atomic E-state index is -3.76. The number of phenolic OH excluding ortho intramolecular Hbond substituents is 2. The van der Waals surface area contributed by atoms with Gasteiger partial charge in [-0.15, -0.1) is 0 Å². The quantitative estimate of drug-likeness (QED) is 0.616. The summed E-state index contributed by atoms with van der Waals surface area (Å²) in [6, 6.07) is 9.25. The van der Waals surface area contributed by atoms with Gasteiger partial charge in [-0.25, -0.2) is 13.6 Å². The topological polar surface area (TPSA) is 113 Å². The summed E-state index contributed by atoms with van der Waals surface area (Å²) < 4.78 is 23.3. The predicted octanol–water partition coefficient (Wildman–Crippen LogP) is 2.57. The first kappa shape index (κ1) is 16.0. The highest BCUT2D eigenvalue weighted by Crippen LogP contribution is 2.51. The van der Waals surface area contributed by atoms with Crippen LogP contribution in [0.2, 0.25) is 0 Å². The molecule has 0 aromatic heterocycles. The number of allylic oxidation sites excluding steroid dienone is 2. The molecule has 0 bridgehead atoms. The first-order chi connectivity index (χ1) is 11.8. The molecule has 0 saturated carbocycles. The van der Waals surface area contributed by atoms with Crippen LogP contribution in [0.5, 0.6) is 11.5 Å². The van der Waals surface area contributed by atoms with Gasteiger partial charge in [0, 0.05) is 23.2 Å². The maximum Gasteiger partial charge on any atom is 0.238 e. The van der Waals surface area contributed by atoms with E-state index in [1.807, 2.05) is 0 Å². The number of sulfonamides is 1. The largest absolute Gasteiger partial charge is 0.508 e. The molecule has 2 aliphatic rings. The molecule has 0 amide bonds. The van der Waals surface area contributed by atoms with Gasteiger partial charge in [-0.3, -0.25) is 0 Å². The molecular weight excluding hydrogens is 340 g/mol. The van der Waals surface area contributed by atoms with Crippen LogP contribution in [0.15, 0.2) is 53.4 Å². The maximum atomic E-state index is 11.7. The number of phenols is 2. The van der Waals surface area contributed by atoms with Crippen molar-refractivity contribution in [1.82, 2.24) is 0 Å². The summed E-state index contributed by atoms with van der Waals surface area (Å²) in [5.41, 5.74) is 2.41. The summed E-state index contributed by atoms with van der Waals surface area (Å²) in [5.74, 6) is 0.221. The standard InChI is InChI=1S/C18H18N2O4S/c19-25(23,24)11-5-7-16-15(9-11)12-2-1-3-13(12)18(20-16)14-6-4-10(21)8-17(14)22/h1-2,4-9,12-13,18,20-22H,3H2,(H2,19,23,24). The lowest BCUT2D eigenvalue weighted by Crippen LogP contribution is -2.29.